The molecule has 0 aliphatic rings. The van der Waals surface area contributed by atoms with Crippen molar-refractivity contribution < 1.29 is 28.8 Å². The van der Waals surface area contributed by atoms with Crippen molar-refractivity contribution >= 4 is 27.4 Å². The number of rotatable bonds is 9. The maximum atomic E-state index is 12.2. The number of benzene rings is 2. The molecular formula is C25H23NO6S. The number of aromatic nitrogens is 1. The second kappa shape index (κ2) is 9.79. The normalized spacial score (nSPS) is 11.7. The van der Waals surface area contributed by atoms with E-state index in [0.29, 0.717) is 34.3 Å². The van der Waals surface area contributed by atoms with E-state index in [0.717, 1.165) is 15.0 Å². The van der Waals surface area contributed by atoms with E-state index in [1.54, 1.807) is 45.9 Å². The van der Waals surface area contributed by atoms with Gasteiger partial charge in [-0.05, 0) is 48.0 Å². The SMILES string of the molecule is COc1ccc(Oc2c(CC(C(=O)O)c3ccncc3)sc3cc(OC)c(OC)cc23)cc1. The van der Waals surface area contributed by atoms with Crippen LogP contribution in [0.5, 0.6) is 28.7 Å². The molecule has 4 aromatic rings. The zero-order valence-corrected chi connectivity index (χ0v) is 19.2. The van der Waals surface area contributed by atoms with E-state index >= 15 is 0 Å². The molecule has 1 N–H and O–H groups in total. The summed E-state index contributed by atoms with van der Waals surface area (Å²) >= 11 is 1.48. The second-order valence-electron chi connectivity index (χ2n) is 7.21. The van der Waals surface area contributed by atoms with Crippen molar-refractivity contribution in [2.45, 2.75) is 12.3 Å². The highest BCUT2D eigenvalue weighted by atomic mass is 32.1. The predicted octanol–water partition coefficient (Wildman–Crippen LogP) is 5.53. The van der Waals surface area contributed by atoms with Crippen LogP contribution in [0.25, 0.3) is 10.1 Å². The van der Waals surface area contributed by atoms with Crippen LogP contribution in [0.1, 0.15) is 16.4 Å². The molecule has 8 heteroatoms. The molecule has 0 saturated heterocycles. The van der Waals surface area contributed by atoms with Crippen LogP contribution >= 0.6 is 11.3 Å². The Bertz CT molecular complexity index is 1250. The number of aliphatic carboxylic acids is 1. The lowest BCUT2D eigenvalue weighted by Crippen LogP contribution is -2.14. The van der Waals surface area contributed by atoms with Crippen molar-refractivity contribution in [2.75, 3.05) is 21.3 Å². The highest BCUT2D eigenvalue weighted by Crippen LogP contribution is 2.46. The summed E-state index contributed by atoms with van der Waals surface area (Å²) in [5.74, 6) is 1.43. The van der Waals surface area contributed by atoms with Gasteiger partial charge in [-0.1, -0.05) is 0 Å². The molecule has 0 aliphatic carbocycles. The summed E-state index contributed by atoms with van der Waals surface area (Å²) in [7, 11) is 4.76. The molecule has 0 bridgehead atoms. The molecule has 1 atom stereocenters. The zero-order valence-electron chi connectivity index (χ0n) is 18.4. The zero-order chi connectivity index (χ0) is 23.4. The summed E-state index contributed by atoms with van der Waals surface area (Å²) in [6.07, 6.45) is 3.45. The fourth-order valence-corrected chi connectivity index (χ4v) is 4.78. The molecule has 1 unspecified atom stereocenters. The first-order valence-electron chi connectivity index (χ1n) is 10.2. The van der Waals surface area contributed by atoms with E-state index in [-0.39, 0.29) is 6.42 Å². The number of fused-ring (bicyclic) bond motifs is 1. The number of ether oxygens (including phenoxy) is 4. The Labute approximate surface area is 195 Å². The van der Waals surface area contributed by atoms with E-state index in [1.165, 1.54) is 11.3 Å². The summed E-state index contributed by atoms with van der Waals surface area (Å²) in [5, 5.41) is 10.8. The highest BCUT2D eigenvalue weighted by Gasteiger charge is 2.26. The van der Waals surface area contributed by atoms with Gasteiger partial charge in [0.2, 0.25) is 0 Å². The lowest BCUT2D eigenvalue weighted by Gasteiger charge is -2.14. The third-order valence-electron chi connectivity index (χ3n) is 5.29. The maximum absolute atomic E-state index is 12.2. The number of pyridine rings is 1. The van der Waals surface area contributed by atoms with Crippen LogP contribution in [0, 0.1) is 0 Å². The van der Waals surface area contributed by atoms with Crippen LogP contribution in [0.2, 0.25) is 0 Å². The van der Waals surface area contributed by atoms with Crippen molar-refractivity contribution in [2.24, 2.45) is 0 Å². The first-order valence-corrected chi connectivity index (χ1v) is 11.0. The number of nitrogens with zero attached hydrogens (tertiary/aromatic N) is 1. The van der Waals surface area contributed by atoms with E-state index in [9.17, 15) is 9.90 Å². The molecule has 4 rings (SSSR count). The smallest absolute Gasteiger partial charge is 0.311 e. The van der Waals surface area contributed by atoms with Gasteiger partial charge in [-0.2, -0.15) is 0 Å². The fourth-order valence-electron chi connectivity index (χ4n) is 3.59. The van der Waals surface area contributed by atoms with E-state index in [2.05, 4.69) is 4.98 Å². The number of carboxylic acid groups (broad SMARTS) is 1. The van der Waals surface area contributed by atoms with Gasteiger partial charge in [-0.25, -0.2) is 0 Å². The summed E-state index contributed by atoms with van der Waals surface area (Å²) in [6, 6.07) is 14.4. The third kappa shape index (κ3) is 4.70. The third-order valence-corrected chi connectivity index (χ3v) is 6.45. The van der Waals surface area contributed by atoms with E-state index in [4.69, 9.17) is 18.9 Å². The van der Waals surface area contributed by atoms with Crippen LogP contribution in [-0.4, -0.2) is 37.4 Å². The molecule has 0 fully saturated rings. The first-order chi connectivity index (χ1) is 16.0. The number of thiophene rings is 1. The predicted molar refractivity (Wildman–Crippen MR) is 126 cm³/mol. The molecule has 33 heavy (non-hydrogen) atoms. The van der Waals surface area contributed by atoms with Crippen LogP contribution in [0.15, 0.2) is 60.9 Å². The lowest BCUT2D eigenvalue weighted by atomic mass is 9.95. The van der Waals surface area contributed by atoms with Crippen LogP contribution in [0.4, 0.5) is 0 Å². The van der Waals surface area contributed by atoms with Gasteiger partial charge in [0.05, 0.1) is 27.2 Å². The van der Waals surface area contributed by atoms with Gasteiger partial charge in [-0.3, -0.25) is 9.78 Å². The van der Waals surface area contributed by atoms with Gasteiger partial charge < -0.3 is 24.1 Å². The molecule has 0 amide bonds. The minimum atomic E-state index is -0.913. The molecule has 0 spiro atoms. The number of hydrogen-bond acceptors (Lipinski definition) is 7. The van der Waals surface area contributed by atoms with Gasteiger partial charge in [0.1, 0.15) is 17.2 Å². The highest BCUT2D eigenvalue weighted by molar-refractivity contribution is 7.19. The minimum Gasteiger partial charge on any atom is -0.497 e. The summed E-state index contributed by atoms with van der Waals surface area (Å²) in [4.78, 5) is 17.0. The first kappa shape index (κ1) is 22.4. The Morgan fingerprint density at radius 3 is 2.18 bits per heavy atom. The Morgan fingerprint density at radius 2 is 1.58 bits per heavy atom. The Kier molecular flexibility index (Phi) is 6.65. The second-order valence-corrected chi connectivity index (χ2v) is 8.35. The molecule has 0 saturated carbocycles. The van der Waals surface area contributed by atoms with Gasteiger partial charge in [-0.15, -0.1) is 11.3 Å². The van der Waals surface area contributed by atoms with Gasteiger partial charge in [0, 0.05) is 39.8 Å². The van der Waals surface area contributed by atoms with Crippen LogP contribution in [0.3, 0.4) is 0 Å². The van der Waals surface area contributed by atoms with Crippen LogP contribution in [-0.2, 0) is 11.2 Å². The monoisotopic (exact) mass is 465 g/mol. The summed E-state index contributed by atoms with van der Waals surface area (Å²) < 4.78 is 23.4. The molecule has 2 aromatic heterocycles. The average Bonchev–Trinajstić information content (AvgIpc) is 3.18. The Hall–Kier alpha value is -3.78. The fraction of sp³-hybridized carbons (Fsp3) is 0.200. The number of carboxylic acids is 1. The van der Waals surface area contributed by atoms with Crippen molar-refractivity contribution in [3.8, 4) is 28.7 Å². The lowest BCUT2D eigenvalue weighted by molar-refractivity contribution is -0.138. The number of hydrogen-bond donors (Lipinski definition) is 1. The Balaban J connectivity index is 1.82. The summed E-state index contributed by atoms with van der Waals surface area (Å²) in [5.41, 5.74) is 0.681. The van der Waals surface area contributed by atoms with E-state index < -0.39 is 11.9 Å². The van der Waals surface area contributed by atoms with E-state index in [1.807, 2.05) is 36.4 Å². The standard InChI is InChI=1S/C25H23NO6S/c1-29-16-4-6-17(7-5-16)32-24-19-12-20(30-2)21(31-3)14-22(19)33-23(24)13-18(25(27)28)15-8-10-26-11-9-15/h4-12,14,18H,13H2,1-3H3,(H,27,28). The Morgan fingerprint density at radius 1 is 0.939 bits per heavy atom. The largest absolute Gasteiger partial charge is 0.497 e. The molecule has 0 radical (unpaired) electrons. The topological polar surface area (TPSA) is 87.1 Å². The minimum absolute atomic E-state index is 0.259. The number of methoxy groups -OCH3 is 3. The summed E-state index contributed by atoms with van der Waals surface area (Å²) in [6.45, 7) is 0. The molecule has 0 aliphatic heterocycles. The molecule has 7 nitrogen and oxygen atoms in total. The molecule has 2 aromatic carbocycles. The quantitative estimate of drug-likeness (QED) is 0.348. The van der Waals surface area contributed by atoms with Crippen molar-refractivity contribution in [1.82, 2.24) is 4.98 Å². The average molecular weight is 466 g/mol. The van der Waals surface area contributed by atoms with Crippen molar-refractivity contribution in [3.63, 3.8) is 0 Å². The van der Waals surface area contributed by atoms with Crippen molar-refractivity contribution in [1.29, 1.82) is 0 Å². The van der Waals surface area contributed by atoms with Gasteiger partial charge >= 0.3 is 5.97 Å². The molecule has 2 heterocycles. The van der Waals surface area contributed by atoms with Crippen molar-refractivity contribution in [3.05, 3.63) is 71.4 Å². The molecule has 170 valence electrons. The number of carbonyl (C=O) groups is 1. The van der Waals surface area contributed by atoms with Gasteiger partial charge in [0.25, 0.3) is 0 Å². The van der Waals surface area contributed by atoms with Gasteiger partial charge in [0.15, 0.2) is 11.5 Å². The molecular weight excluding hydrogens is 442 g/mol. The maximum Gasteiger partial charge on any atom is 0.311 e. The van der Waals surface area contributed by atoms with Crippen LogP contribution < -0.4 is 18.9 Å².